The van der Waals surface area contributed by atoms with Crippen molar-refractivity contribution in [3.05, 3.63) is 272 Å². The maximum Gasteiger partial charge on any atom is 0.252 e. The molecule has 2 nitrogen and oxygen atoms in total. The Morgan fingerprint density at radius 3 is 1.41 bits per heavy atom. The van der Waals surface area contributed by atoms with Crippen LogP contribution in [0.4, 0.5) is 17.1 Å². The van der Waals surface area contributed by atoms with Gasteiger partial charge in [0.1, 0.15) is 0 Å². The molecule has 2 aliphatic heterocycles. The van der Waals surface area contributed by atoms with E-state index in [1.54, 1.807) is 0 Å². The lowest BCUT2D eigenvalue weighted by molar-refractivity contribution is 0.590. The molecule has 0 atom stereocenters. The molecule has 14 rings (SSSR count). The molecule has 376 valence electrons. The molecule has 0 saturated carbocycles. The zero-order valence-corrected chi connectivity index (χ0v) is 46.0. The lowest BCUT2D eigenvalue weighted by Gasteiger charge is -2.42. The van der Waals surface area contributed by atoms with Gasteiger partial charge in [-0.1, -0.05) is 205 Å². The largest absolute Gasteiger partial charge is 0.311 e. The third kappa shape index (κ3) is 7.64. The van der Waals surface area contributed by atoms with Gasteiger partial charge in [0.25, 0.3) is 6.71 Å². The molecule has 12 aromatic rings. The molecule has 0 unspecified atom stereocenters. The molecule has 0 amide bonds. The van der Waals surface area contributed by atoms with Crippen LogP contribution in [0.15, 0.2) is 280 Å². The molecule has 78 heavy (non-hydrogen) atoms. The molecule has 0 spiro atoms. The number of rotatable bonds is 8. The number of benzene rings is 11. The predicted octanol–water partition coefficient (Wildman–Crippen LogP) is 18.3. The number of aromatic nitrogens is 1. The van der Waals surface area contributed by atoms with Gasteiger partial charge in [-0.15, -0.1) is 10.0 Å². The molecule has 0 bridgehead atoms. The molecule has 11 aromatic carbocycles. The van der Waals surface area contributed by atoms with Crippen LogP contribution in [-0.4, -0.2) is 11.3 Å². The number of fused-ring (bicyclic) bond motifs is 7. The van der Waals surface area contributed by atoms with Gasteiger partial charge in [-0.25, -0.2) is 0 Å². The minimum atomic E-state index is -1.96. The molecule has 2 aliphatic rings. The van der Waals surface area contributed by atoms with E-state index in [4.69, 9.17) is 0 Å². The third-order valence-corrected chi connectivity index (χ3v) is 20.5. The third-order valence-electron chi connectivity index (χ3n) is 16.6. The van der Waals surface area contributed by atoms with E-state index in [1.807, 2.05) is 0 Å². The van der Waals surface area contributed by atoms with Crippen LogP contribution in [-0.2, 0) is 10.8 Å². The quantitative estimate of drug-likeness (QED) is 0.138. The van der Waals surface area contributed by atoms with E-state index in [9.17, 15) is 0 Å². The molecule has 3 heterocycles. The van der Waals surface area contributed by atoms with Crippen molar-refractivity contribution in [2.45, 2.75) is 72.0 Å². The summed E-state index contributed by atoms with van der Waals surface area (Å²) in [6.45, 7) is 13.8. The van der Waals surface area contributed by atoms with Gasteiger partial charge >= 0.3 is 0 Å². The van der Waals surface area contributed by atoms with Gasteiger partial charge in [-0.3, -0.25) is 0 Å². The van der Waals surface area contributed by atoms with Crippen LogP contribution >= 0.6 is 10.0 Å². The first-order valence-electron chi connectivity index (χ1n) is 27.5. The zero-order valence-electron chi connectivity index (χ0n) is 45.2. The summed E-state index contributed by atoms with van der Waals surface area (Å²) < 4.78 is 2.64. The van der Waals surface area contributed by atoms with Crippen molar-refractivity contribution in [1.29, 1.82) is 0 Å². The first kappa shape index (κ1) is 47.9. The van der Waals surface area contributed by atoms with Crippen LogP contribution in [0.5, 0.6) is 0 Å². The van der Waals surface area contributed by atoms with E-state index in [1.165, 1.54) is 119 Å². The van der Waals surface area contributed by atoms with E-state index in [0.29, 0.717) is 0 Å². The summed E-state index contributed by atoms with van der Waals surface area (Å²) in [4.78, 5) is 7.80. The zero-order chi connectivity index (χ0) is 52.9. The molecule has 0 aliphatic carbocycles. The molecule has 1 aromatic heterocycles. The normalized spacial score (nSPS) is 13.2. The second-order valence-electron chi connectivity index (χ2n) is 23.4. The fourth-order valence-electron chi connectivity index (χ4n) is 12.7. The summed E-state index contributed by atoms with van der Waals surface area (Å²) in [6.07, 6.45) is 0. The molecule has 0 N–H and O–H groups in total. The Bertz CT molecular complexity index is 4150. The van der Waals surface area contributed by atoms with Crippen molar-refractivity contribution < 1.29 is 0 Å². The number of nitrogens with zero attached hydrogens (tertiary/aromatic N) is 2. The van der Waals surface area contributed by atoms with Crippen LogP contribution in [0.1, 0.15) is 52.7 Å². The second-order valence-corrected chi connectivity index (χ2v) is 26.5. The van der Waals surface area contributed by atoms with Crippen LogP contribution in [0.3, 0.4) is 0 Å². The van der Waals surface area contributed by atoms with E-state index in [-0.39, 0.29) is 17.5 Å². The van der Waals surface area contributed by atoms with Crippen LogP contribution < -0.4 is 21.3 Å². The van der Waals surface area contributed by atoms with Gasteiger partial charge in [-0.2, -0.15) is 0 Å². The molecule has 0 radical (unpaired) electrons. The van der Waals surface area contributed by atoms with Crippen LogP contribution in [0, 0.1) is 0 Å². The van der Waals surface area contributed by atoms with Crippen LogP contribution in [0.2, 0.25) is 0 Å². The molecule has 0 saturated heterocycles. The topological polar surface area (TPSA) is 8.17 Å². The fraction of sp³-hybridized carbons (Fsp3) is 0.108. The number of hydrogen-bond donors (Lipinski definition) is 0. The Balaban J connectivity index is 1.11. The van der Waals surface area contributed by atoms with Crippen molar-refractivity contribution >= 4 is 72.0 Å². The number of anilines is 3. The van der Waals surface area contributed by atoms with Crippen molar-refractivity contribution in [1.82, 2.24) is 4.57 Å². The fourth-order valence-corrected chi connectivity index (χ4v) is 16.6. The van der Waals surface area contributed by atoms with Gasteiger partial charge in [-0.05, 0) is 169 Å². The Kier molecular flexibility index (Phi) is 11.2. The highest BCUT2D eigenvalue weighted by molar-refractivity contribution is 8.34. The summed E-state index contributed by atoms with van der Waals surface area (Å²) in [5.41, 5.74) is 21.1. The van der Waals surface area contributed by atoms with E-state index < -0.39 is 10.0 Å². The Hall–Kier alpha value is -8.57. The predicted molar refractivity (Wildman–Crippen MR) is 334 cm³/mol. The van der Waals surface area contributed by atoms with Crippen molar-refractivity contribution in [2.24, 2.45) is 0 Å². The van der Waals surface area contributed by atoms with Gasteiger partial charge in [0.05, 0.1) is 5.52 Å². The van der Waals surface area contributed by atoms with Gasteiger partial charge in [0.15, 0.2) is 0 Å². The Labute approximate surface area is 461 Å². The first-order chi connectivity index (χ1) is 37.9. The summed E-state index contributed by atoms with van der Waals surface area (Å²) in [6, 6.07) is 99.1. The van der Waals surface area contributed by atoms with E-state index in [2.05, 4.69) is 312 Å². The Morgan fingerprint density at radius 2 is 0.821 bits per heavy atom. The van der Waals surface area contributed by atoms with Gasteiger partial charge in [0.2, 0.25) is 0 Å². The van der Waals surface area contributed by atoms with Crippen molar-refractivity contribution in [2.75, 3.05) is 4.90 Å². The summed E-state index contributed by atoms with van der Waals surface area (Å²) in [5.74, 6) is 0. The standard InChI is InChI=1S/C74H61BN2S/c1-73(2,3)56-36-39-58(40-37-56)76-68-41-35-53(50-23-12-7-13-24-50)45-65(68)75-66-46-54(51-25-14-8-15-26-51)44-64-63-49-57(74(4,5)6)38-42-67(63)77(72(64)66)70-48-55(47-69(76)71(70)75)52-27-22-34-62(43-52)78(59-28-16-9-17-29-59,60-30-18-10-19-31-60)61-32-20-11-21-33-61/h7-49H,1-6H3. The highest BCUT2D eigenvalue weighted by Gasteiger charge is 2.43. The monoisotopic (exact) mass is 1020 g/mol. The SMILES string of the molecule is CC(C)(C)c1ccc(N2c3ccc(-c4ccccc4)cc3B3c4c2cc(-c2cccc(S(c5ccccc5)(c5ccccc5)c5ccccc5)c2)cc4-n2c4ccc(C(C)(C)C)cc4c4cc(-c5ccccc5)cc3c42)cc1. The second kappa shape index (κ2) is 18.3. The molecule has 0 fully saturated rings. The van der Waals surface area contributed by atoms with E-state index >= 15 is 0 Å². The molecular formula is C74H61BN2S. The average Bonchev–Trinajstić information content (AvgIpc) is 4.02. The molecule has 4 heteroatoms. The highest BCUT2D eigenvalue weighted by Crippen LogP contribution is 2.73. The summed E-state index contributed by atoms with van der Waals surface area (Å²) in [5, 5.41) is 2.57. The smallest absolute Gasteiger partial charge is 0.252 e. The van der Waals surface area contributed by atoms with Crippen molar-refractivity contribution in [3.8, 4) is 39.1 Å². The lowest BCUT2D eigenvalue weighted by Crippen LogP contribution is -2.60. The van der Waals surface area contributed by atoms with Gasteiger partial charge in [0, 0.05) is 58.6 Å². The average molecular weight is 1020 g/mol. The number of hydrogen-bond acceptors (Lipinski definition) is 1. The summed E-state index contributed by atoms with van der Waals surface area (Å²) >= 11 is 0. The molecular weight excluding hydrogens is 960 g/mol. The highest BCUT2D eigenvalue weighted by atomic mass is 32.3. The Morgan fingerprint density at radius 1 is 0.333 bits per heavy atom. The summed E-state index contributed by atoms with van der Waals surface area (Å²) in [7, 11) is -1.96. The van der Waals surface area contributed by atoms with Crippen LogP contribution in [0.25, 0.3) is 60.9 Å². The maximum absolute atomic E-state index is 2.64. The van der Waals surface area contributed by atoms with Gasteiger partial charge < -0.3 is 9.47 Å². The first-order valence-corrected chi connectivity index (χ1v) is 29.1. The minimum absolute atomic E-state index is 0.00243. The lowest BCUT2D eigenvalue weighted by atomic mass is 9.33. The maximum atomic E-state index is 2.64. The van der Waals surface area contributed by atoms with Crippen molar-refractivity contribution in [3.63, 3.8) is 0 Å². The minimum Gasteiger partial charge on any atom is -0.311 e. The van der Waals surface area contributed by atoms with E-state index in [0.717, 1.165) is 5.69 Å².